The van der Waals surface area contributed by atoms with E-state index in [4.69, 9.17) is 16.3 Å². The summed E-state index contributed by atoms with van der Waals surface area (Å²) in [6, 6.07) is 20.4. The summed E-state index contributed by atoms with van der Waals surface area (Å²) < 4.78 is 6.03. The van der Waals surface area contributed by atoms with Gasteiger partial charge in [0.05, 0.1) is 22.4 Å². The Morgan fingerprint density at radius 1 is 0.941 bits per heavy atom. The van der Waals surface area contributed by atoms with E-state index < -0.39 is 5.97 Å². The van der Waals surface area contributed by atoms with Gasteiger partial charge in [0, 0.05) is 17.4 Å². The number of benzene rings is 3. The van der Waals surface area contributed by atoms with E-state index in [0.717, 1.165) is 0 Å². The van der Waals surface area contributed by atoms with E-state index in [1.54, 1.807) is 66.7 Å². The number of nitrogens with zero attached hydrogens (tertiary/aromatic N) is 1. The molecule has 3 rings (SSSR count). The first kappa shape index (κ1) is 25.1. The molecule has 3 aromatic carbocycles. The Hall–Kier alpha value is -3.49. The summed E-state index contributed by atoms with van der Waals surface area (Å²) in [6.45, 7) is 0.367. The van der Waals surface area contributed by atoms with Gasteiger partial charge in [-0.25, -0.2) is 10.2 Å². The summed E-state index contributed by atoms with van der Waals surface area (Å²) in [5, 5.41) is 7.02. The minimum absolute atomic E-state index is 0.202. The number of esters is 1. The van der Waals surface area contributed by atoms with Crippen molar-refractivity contribution in [2.45, 2.75) is 12.8 Å². The predicted molar refractivity (Wildman–Crippen MR) is 134 cm³/mol. The third kappa shape index (κ3) is 7.54. The second kappa shape index (κ2) is 12.7. The van der Waals surface area contributed by atoms with Gasteiger partial charge in [-0.3, -0.25) is 9.59 Å². The Labute approximate surface area is 210 Å². The number of rotatable bonds is 9. The van der Waals surface area contributed by atoms with Crippen molar-refractivity contribution < 1.29 is 19.1 Å². The molecule has 0 bridgehead atoms. The number of ether oxygens (including phenoxy) is 1. The molecule has 2 N–H and O–H groups in total. The van der Waals surface area contributed by atoms with Crippen LogP contribution in [0.25, 0.3) is 0 Å². The zero-order valence-corrected chi connectivity index (χ0v) is 20.3. The van der Waals surface area contributed by atoms with Crippen LogP contribution in [-0.2, 0) is 4.79 Å². The summed E-state index contributed by atoms with van der Waals surface area (Å²) in [4.78, 5) is 36.2. The molecule has 0 spiro atoms. The first-order valence-corrected chi connectivity index (χ1v) is 11.5. The van der Waals surface area contributed by atoms with Crippen molar-refractivity contribution in [3.05, 3.63) is 99.0 Å². The Balaban J connectivity index is 1.38. The minimum atomic E-state index is -0.549. The van der Waals surface area contributed by atoms with E-state index in [9.17, 15) is 14.4 Å². The van der Waals surface area contributed by atoms with E-state index in [2.05, 4.69) is 31.8 Å². The van der Waals surface area contributed by atoms with Crippen molar-refractivity contribution in [1.82, 2.24) is 10.7 Å². The maximum absolute atomic E-state index is 12.2. The molecule has 0 aliphatic carbocycles. The lowest BCUT2D eigenvalue weighted by atomic mass is 10.2. The molecule has 34 heavy (non-hydrogen) atoms. The van der Waals surface area contributed by atoms with Gasteiger partial charge in [-0.2, -0.15) is 5.10 Å². The molecular formula is C25H21BrClN3O4. The molecule has 2 amide bonds. The Bertz CT molecular complexity index is 1200. The van der Waals surface area contributed by atoms with Crippen molar-refractivity contribution in [1.29, 1.82) is 0 Å². The lowest BCUT2D eigenvalue weighted by Crippen LogP contribution is -2.26. The van der Waals surface area contributed by atoms with Gasteiger partial charge in [0.25, 0.3) is 5.91 Å². The SMILES string of the molecule is O=C(CCCNC(=O)c1ccccc1Br)NN=Cc1ccc(OC(=O)c2ccccc2Cl)cc1. The number of nitrogens with one attached hydrogen (secondary N) is 2. The van der Waals surface area contributed by atoms with Crippen LogP contribution in [0.1, 0.15) is 39.1 Å². The molecule has 0 aromatic heterocycles. The lowest BCUT2D eigenvalue weighted by molar-refractivity contribution is -0.121. The van der Waals surface area contributed by atoms with Crippen LogP contribution < -0.4 is 15.5 Å². The third-order valence-corrected chi connectivity index (χ3v) is 5.59. The smallest absolute Gasteiger partial charge is 0.345 e. The van der Waals surface area contributed by atoms with Crippen molar-refractivity contribution in [2.75, 3.05) is 6.54 Å². The largest absolute Gasteiger partial charge is 0.423 e. The molecule has 174 valence electrons. The Kier molecular flexibility index (Phi) is 9.37. The first-order chi connectivity index (χ1) is 16.4. The average Bonchev–Trinajstić information content (AvgIpc) is 2.83. The number of hydrazone groups is 1. The molecule has 0 aliphatic rings. The molecule has 0 heterocycles. The fraction of sp³-hybridized carbons (Fsp3) is 0.120. The lowest BCUT2D eigenvalue weighted by Gasteiger charge is -2.06. The predicted octanol–water partition coefficient (Wildman–Crippen LogP) is 4.98. The highest BCUT2D eigenvalue weighted by atomic mass is 79.9. The second-order valence-corrected chi connectivity index (χ2v) is 8.33. The Morgan fingerprint density at radius 2 is 1.62 bits per heavy atom. The van der Waals surface area contributed by atoms with Crippen molar-refractivity contribution in [3.63, 3.8) is 0 Å². The van der Waals surface area contributed by atoms with Crippen LogP contribution in [0.15, 0.2) is 82.4 Å². The highest BCUT2D eigenvalue weighted by molar-refractivity contribution is 9.10. The molecule has 7 nitrogen and oxygen atoms in total. The molecule has 0 aliphatic heterocycles. The van der Waals surface area contributed by atoms with E-state index in [1.165, 1.54) is 6.21 Å². The standard InChI is InChI=1S/C25H21BrClN3O4/c26-21-8-3-1-6-19(21)24(32)28-15-5-10-23(31)30-29-16-17-11-13-18(14-12-17)34-25(33)20-7-2-4-9-22(20)27/h1-4,6-9,11-14,16H,5,10,15H2,(H,28,32)(H,30,31). The molecule has 0 fully saturated rings. The molecule has 9 heteroatoms. The van der Waals surface area contributed by atoms with Crippen molar-refractivity contribution >= 4 is 51.5 Å². The molecule has 0 unspecified atom stereocenters. The van der Waals surface area contributed by atoms with E-state index in [0.29, 0.717) is 39.3 Å². The maximum atomic E-state index is 12.2. The number of halogens is 2. The summed E-state index contributed by atoms with van der Waals surface area (Å²) in [5.74, 6) is -0.661. The number of amides is 2. The number of carbonyl (C=O) groups is 3. The zero-order valence-electron chi connectivity index (χ0n) is 18.0. The van der Waals surface area contributed by atoms with Crippen LogP contribution in [-0.4, -0.2) is 30.5 Å². The Morgan fingerprint density at radius 3 is 2.32 bits per heavy atom. The number of carbonyl (C=O) groups excluding carboxylic acids is 3. The van der Waals surface area contributed by atoms with Gasteiger partial charge < -0.3 is 10.1 Å². The number of hydrogen-bond acceptors (Lipinski definition) is 5. The van der Waals surface area contributed by atoms with E-state index in [-0.39, 0.29) is 23.8 Å². The molecular weight excluding hydrogens is 522 g/mol. The molecule has 0 radical (unpaired) electrons. The van der Waals surface area contributed by atoms with Gasteiger partial charge in [0.1, 0.15) is 5.75 Å². The average molecular weight is 543 g/mol. The maximum Gasteiger partial charge on any atom is 0.345 e. The van der Waals surface area contributed by atoms with Crippen LogP contribution in [0.4, 0.5) is 0 Å². The third-order valence-electron chi connectivity index (χ3n) is 4.57. The summed E-state index contributed by atoms with van der Waals surface area (Å²) in [6.07, 6.45) is 2.17. The van der Waals surface area contributed by atoms with Crippen LogP contribution in [0, 0.1) is 0 Å². The van der Waals surface area contributed by atoms with Crippen LogP contribution in [0.3, 0.4) is 0 Å². The van der Waals surface area contributed by atoms with Gasteiger partial charge in [-0.1, -0.05) is 35.9 Å². The summed E-state index contributed by atoms with van der Waals surface area (Å²) >= 11 is 9.34. The van der Waals surface area contributed by atoms with E-state index in [1.807, 2.05) is 6.07 Å². The molecule has 0 atom stereocenters. The van der Waals surface area contributed by atoms with Crippen LogP contribution in [0.5, 0.6) is 5.75 Å². The molecule has 0 saturated heterocycles. The van der Waals surface area contributed by atoms with Gasteiger partial charge in [-0.15, -0.1) is 0 Å². The quantitative estimate of drug-likeness (QED) is 0.131. The highest BCUT2D eigenvalue weighted by Crippen LogP contribution is 2.19. The fourth-order valence-corrected chi connectivity index (χ4v) is 3.51. The van der Waals surface area contributed by atoms with E-state index >= 15 is 0 Å². The van der Waals surface area contributed by atoms with Gasteiger partial charge in [0.15, 0.2) is 0 Å². The van der Waals surface area contributed by atoms with Gasteiger partial charge in [0.2, 0.25) is 5.91 Å². The number of hydrogen-bond donors (Lipinski definition) is 2. The molecule has 3 aromatic rings. The van der Waals surface area contributed by atoms with Crippen LogP contribution in [0.2, 0.25) is 5.02 Å². The normalized spacial score (nSPS) is 10.6. The fourth-order valence-electron chi connectivity index (χ4n) is 2.84. The minimum Gasteiger partial charge on any atom is -0.423 e. The summed E-state index contributed by atoms with van der Waals surface area (Å²) in [5.41, 5.74) is 3.98. The van der Waals surface area contributed by atoms with Gasteiger partial charge >= 0.3 is 5.97 Å². The monoisotopic (exact) mass is 541 g/mol. The highest BCUT2D eigenvalue weighted by Gasteiger charge is 2.12. The van der Waals surface area contributed by atoms with Crippen LogP contribution >= 0.6 is 27.5 Å². The van der Waals surface area contributed by atoms with Crippen molar-refractivity contribution in [2.24, 2.45) is 5.10 Å². The zero-order chi connectivity index (χ0) is 24.3. The van der Waals surface area contributed by atoms with Gasteiger partial charge in [-0.05, 0) is 76.4 Å². The molecule has 0 saturated carbocycles. The summed E-state index contributed by atoms with van der Waals surface area (Å²) in [7, 11) is 0. The topological polar surface area (TPSA) is 96.9 Å². The second-order valence-electron chi connectivity index (χ2n) is 7.07. The first-order valence-electron chi connectivity index (χ1n) is 10.4. The van der Waals surface area contributed by atoms with Crippen molar-refractivity contribution in [3.8, 4) is 5.75 Å².